The first kappa shape index (κ1) is 12.8. The Morgan fingerprint density at radius 3 is 2.89 bits per heavy atom. The van der Waals surface area contributed by atoms with E-state index in [1.807, 2.05) is 12.2 Å². The Morgan fingerprint density at radius 1 is 1.47 bits per heavy atom. The van der Waals surface area contributed by atoms with Crippen molar-refractivity contribution in [2.75, 3.05) is 6.61 Å². The molecule has 0 spiro atoms. The van der Waals surface area contributed by atoms with Gasteiger partial charge in [0.1, 0.15) is 5.78 Å². The highest BCUT2D eigenvalue weighted by Gasteiger charge is 2.47. The van der Waals surface area contributed by atoms with Gasteiger partial charge in [-0.2, -0.15) is 0 Å². The number of Topliss-reactive ketones (excluding diaryl/α,β-unsaturated/α-hetero) is 1. The molecule has 0 aromatic carbocycles. The summed E-state index contributed by atoms with van der Waals surface area (Å²) in [7, 11) is 0. The average Bonchev–Trinajstić information content (AvgIpc) is 3.07. The molecule has 2 bridgehead atoms. The smallest absolute Gasteiger partial charge is 0.312 e. The molecule has 3 aliphatic rings. The van der Waals surface area contributed by atoms with Gasteiger partial charge >= 0.3 is 5.97 Å². The van der Waals surface area contributed by atoms with Gasteiger partial charge in [0.15, 0.2) is 6.29 Å². The molecule has 5 nitrogen and oxygen atoms in total. The lowest BCUT2D eigenvalue weighted by Crippen LogP contribution is -2.29. The van der Waals surface area contributed by atoms with E-state index < -0.39 is 6.29 Å². The van der Waals surface area contributed by atoms with Crippen LogP contribution < -0.4 is 0 Å². The van der Waals surface area contributed by atoms with E-state index in [2.05, 4.69) is 0 Å². The number of hydrogen-bond donors (Lipinski definition) is 0. The lowest BCUT2D eigenvalue weighted by Gasteiger charge is -2.21. The fourth-order valence-corrected chi connectivity index (χ4v) is 3.03. The van der Waals surface area contributed by atoms with Gasteiger partial charge in [-0.3, -0.25) is 9.59 Å². The third kappa shape index (κ3) is 2.44. The molecule has 19 heavy (non-hydrogen) atoms. The zero-order chi connectivity index (χ0) is 13.4. The summed E-state index contributed by atoms with van der Waals surface area (Å²) >= 11 is 0. The standard InChI is InChI=1S/C14H18O5/c1-8(18-12-3-2-6-17-12)19-14(16)11-7-9-4-5-10(11)13(9)15/h4-5,8-12H,2-3,6-7H2,1H3. The third-order valence-corrected chi connectivity index (χ3v) is 4.00. The second-order valence-electron chi connectivity index (χ2n) is 5.34. The van der Waals surface area contributed by atoms with Crippen LogP contribution >= 0.6 is 0 Å². The van der Waals surface area contributed by atoms with Crippen molar-refractivity contribution in [1.29, 1.82) is 0 Å². The fraction of sp³-hybridized carbons (Fsp3) is 0.714. The number of carbonyl (C=O) groups excluding carboxylic acids is 2. The van der Waals surface area contributed by atoms with Crippen LogP contribution in [0.5, 0.6) is 0 Å². The first-order valence-electron chi connectivity index (χ1n) is 6.85. The molecule has 0 amide bonds. The van der Waals surface area contributed by atoms with Crippen LogP contribution in [0.25, 0.3) is 0 Å². The van der Waals surface area contributed by atoms with Crippen molar-refractivity contribution in [2.45, 2.75) is 38.8 Å². The van der Waals surface area contributed by atoms with E-state index in [0.29, 0.717) is 13.0 Å². The Labute approximate surface area is 111 Å². The number of ketones is 1. The number of carbonyl (C=O) groups is 2. The Balaban J connectivity index is 1.51. The van der Waals surface area contributed by atoms with E-state index in [-0.39, 0.29) is 35.8 Å². The number of fused-ring (bicyclic) bond motifs is 2. The van der Waals surface area contributed by atoms with Gasteiger partial charge in [-0.15, -0.1) is 0 Å². The van der Waals surface area contributed by atoms with Crippen molar-refractivity contribution >= 4 is 11.8 Å². The molecule has 0 radical (unpaired) electrons. The minimum absolute atomic E-state index is 0.0862. The topological polar surface area (TPSA) is 61.8 Å². The van der Waals surface area contributed by atoms with Gasteiger partial charge in [-0.25, -0.2) is 0 Å². The maximum atomic E-state index is 12.0. The summed E-state index contributed by atoms with van der Waals surface area (Å²) in [5, 5.41) is 0. The molecular formula is C14H18O5. The lowest BCUT2D eigenvalue weighted by molar-refractivity contribution is -0.225. The van der Waals surface area contributed by atoms with Crippen LogP contribution in [0.3, 0.4) is 0 Å². The molecule has 104 valence electrons. The summed E-state index contributed by atoms with van der Waals surface area (Å²) in [5.41, 5.74) is 0. The van der Waals surface area contributed by atoms with E-state index >= 15 is 0 Å². The Kier molecular flexibility index (Phi) is 3.41. The van der Waals surface area contributed by atoms with Crippen molar-refractivity contribution in [3.8, 4) is 0 Å². The second kappa shape index (κ2) is 5.06. The monoisotopic (exact) mass is 266 g/mol. The normalized spacial score (nSPS) is 37.8. The average molecular weight is 266 g/mol. The number of rotatable bonds is 4. The summed E-state index contributed by atoms with van der Waals surface area (Å²) in [5.74, 6) is -0.896. The maximum absolute atomic E-state index is 12.0. The molecular weight excluding hydrogens is 248 g/mol. The summed E-state index contributed by atoms with van der Waals surface area (Å²) in [6.45, 7) is 2.38. The Morgan fingerprint density at radius 2 is 2.32 bits per heavy atom. The molecule has 1 heterocycles. The second-order valence-corrected chi connectivity index (χ2v) is 5.34. The molecule has 1 saturated heterocycles. The van der Waals surface area contributed by atoms with Crippen molar-refractivity contribution in [3.63, 3.8) is 0 Å². The van der Waals surface area contributed by atoms with E-state index in [0.717, 1.165) is 12.8 Å². The minimum Gasteiger partial charge on any atom is -0.436 e. The van der Waals surface area contributed by atoms with Crippen LogP contribution in [0, 0.1) is 17.8 Å². The lowest BCUT2D eigenvalue weighted by atomic mass is 9.94. The molecule has 0 N–H and O–H groups in total. The highest BCUT2D eigenvalue weighted by molar-refractivity contribution is 5.96. The van der Waals surface area contributed by atoms with E-state index in [1.54, 1.807) is 6.92 Å². The quantitative estimate of drug-likeness (QED) is 0.437. The van der Waals surface area contributed by atoms with Crippen LogP contribution in [-0.2, 0) is 23.8 Å². The Bertz CT molecular complexity index is 410. The predicted molar refractivity (Wildman–Crippen MR) is 64.8 cm³/mol. The first-order valence-corrected chi connectivity index (χ1v) is 6.85. The molecule has 2 aliphatic carbocycles. The maximum Gasteiger partial charge on any atom is 0.312 e. The summed E-state index contributed by atoms with van der Waals surface area (Å²) in [6.07, 6.45) is 5.19. The number of allylic oxidation sites excluding steroid dienone is 2. The first-order chi connectivity index (χ1) is 9.15. The minimum atomic E-state index is -0.631. The summed E-state index contributed by atoms with van der Waals surface area (Å²) < 4.78 is 16.1. The molecule has 0 aromatic rings. The SMILES string of the molecule is CC(OC(=O)C1CC2C=CC1C2=O)OC1CCCO1. The van der Waals surface area contributed by atoms with Gasteiger partial charge in [-0.05, 0) is 19.8 Å². The zero-order valence-corrected chi connectivity index (χ0v) is 10.9. The van der Waals surface area contributed by atoms with Crippen LogP contribution in [0.4, 0.5) is 0 Å². The molecule has 1 aliphatic heterocycles. The van der Waals surface area contributed by atoms with E-state index in [9.17, 15) is 9.59 Å². The van der Waals surface area contributed by atoms with Crippen molar-refractivity contribution < 1.29 is 23.8 Å². The largest absolute Gasteiger partial charge is 0.436 e. The van der Waals surface area contributed by atoms with Gasteiger partial charge in [0.2, 0.25) is 6.29 Å². The van der Waals surface area contributed by atoms with Gasteiger partial charge < -0.3 is 14.2 Å². The van der Waals surface area contributed by atoms with E-state index in [4.69, 9.17) is 14.2 Å². The zero-order valence-electron chi connectivity index (χ0n) is 10.9. The highest BCUT2D eigenvalue weighted by Crippen LogP contribution is 2.41. The van der Waals surface area contributed by atoms with Gasteiger partial charge in [0.25, 0.3) is 0 Å². The molecule has 5 unspecified atom stereocenters. The van der Waals surface area contributed by atoms with E-state index in [1.165, 1.54) is 0 Å². The summed E-state index contributed by atoms with van der Waals surface area (Å²) in [6, 6.07) is 0. The third-order valence-electron chi connectivity index (χ3n) is 4.00. The molecule has 0 aromatic heterocycles. The van der Waals surface area contributed by atoms with Crippen molar-refractivity contribution in [2.24, 2.45) is 17.8 Å². The van der Waals surface area contributed by atoms with Crippen molar-refractivity contribution in [3.05, 3.63) is 12.2 Å². The van der Waals surface area contributed by atoms with Crippen LogP contribution in [0.2, 0.25) is 0 Å². The van der Waals surface area contributed by atoms with Crippen molar-refractivity contribution in [1.82, 2.24) is 0 Å². The molecule has 3 rings (SSSR count). The van der Waals surface area contributed by atoms with Crippen LogP contribution in [-0.4, -0.2) is 30.9 Å². The van der Waals surface area contributed by atoms with Crippen LogP contribution in [0.15, 0.2) is 12.2 Å². The number of ether oxygens (including phenoxy) is 3. The van der Waals surface area contributed by atoms with Gasteiger partial charge in [-0.1, -0.05) is 12.2 Å². The molecule has 1 saturated carbocycles. The van der Waals surface area contributed by atoms with Gasteiger partial charge in [0, 0.05) is 24.9 Å². The molecule has 2 fully saturated rings. The molecule has 5 atom stereocenters. The molecule has 5 heteroatoms. The fourth-order valence-electron chi connectivity index (χ4n) is 3.03. The summed E-state index contributed by atoms with van der Waals surface area (Å²) in [4.78, 5) is 23.8. The predicted octanol–water partition coefficient (Wildman–Crippen LogP) is 1.42. The Hall–Kier alpha value is -1.20. The number of hydrogen-bond acceptors (Lipinski definition) is 5. The van der Waals surface area contributed by atoms with Crippen LogP contribution in [0.1, 0.15) is 26.2 Å². The number of esters is 1. The van der Waals surface area contributed by atoms with Gasteiger partial charge in [0.05, 0.1) is 5.92 Å². The highest BCUT2D eigenvalue weighted by atomic mass is 16.8.